The predicted octanol–water partition coefficient (Wildman–Crippen LogP) is 4.52. The molecular formula is C26H24N4O4. The van der Waals surface area contributed by atoms with Crippen LogP contribution in [-0.4, -0.2) is 52.0 Å². The van der Waals surface area contributed by atoms with Crippen molar-refractivity contribution in [2.45, 2.75) is 12.3 Å². The number of hydrogen-bond donors (Lipinski definition) is 1. The molecule has 2 aromatic heterocycles. The highest BCUT2D eigenvalue weighted by Gasteiger charge is 2.26. The van der Waals surface area contributed by atoms with Crippen molar-refractivity contribution in [2.24, 2.45) is 0 Å². The lowest BCUT2D eigenvalue weighted by Gasteiger charge is -2.28. The zero-order valence-corrected chi connectivity index (χ0v) is 18.5. The van der Waals surface area contributed by atoms with Crippen molar-refractivity contribution < 1.29 is 14.5 Å². The number of fused-ring (bicyclic) bond motifs is 1. The number of nitrogens with one attached hydrogen (secondary N) is 1. The fourth-order valence-corrected chi connectivity index (χ4v) is 4.51. The molecule has 34 heavy (non-hydrogen) atoms. The standard InChI is InChI=1S/C26H24N4O4/c31-26(29-10-12-34-13-11-29)16-22(18-4-3-5-20(14-18)30(32)33)23-17-28-25-15-19(7-8-21(23)25)24-6-1-2-9-27-24/h1-9,14-15,17,22,28H,10-13,16H2/t22-/m0/s1. The maximum Gasteiger partial charge on any atom is 0.269 e. The van der Waals surface area contributed by atoms with Gasteiger partial charge in [-0.25, -0.2) is 0 Å². The number of aromatic nitrogens is 2. The minimum atomic E-state index is -0.404. The third kappa shape index (κ3) is 4.40. The van der Waals surface area contributed by atoms with E-state index in [-0.39, 0.29) is 23.9 Å². The Bertz CT molecular complexity index is 1330. The molecule has 8 nitrogen and oxygen atoms in total. The number of carbonyl (C=O) groups excluding carboxylic acids is 1. The van der Waals surface area contributed by atoms with Crippen molar-refractivity contribution in [3.63, 3.8) is 0 Å². The summed E-state index contributed by atoms with van der Waals surface area (Å²) in [6.07, 6.45) is 3.88. The van der Waals surface area contributed by atoms with E-state index in [9.17, 15) is 14.9 Å². The number of nitro groups is 1. The molecule has 5 rings (SSSR count). The van der Waals surface area contributed by atoms with Gasteiger partial charge < -0.3 is 14.6 Å². The van der Waals surface area contributed by atoms with Crippen LogP contribution in [0.15, 0.2) is 73.1 Å². The number of H-pyrrole nitrogens is 1. The van der Waals surface area contributed by atoms with Gasteiger partial charge in [-0.3, -0.25) is 19.9 Å². The van der Waals surface area contributed by atoms with Gasteiger partial charge in [0.1, 0.15) is 0 Å². The number of nitrogens with zero attached hydrogens (tertiary/aromatic N) is 3. The van der Waals surface area contributed by atoms with Crippen molar-refractivity contribution >= 4 is 22.5 Å². The Kier molecular flexibility index (Phi) is 6.05. The van der Waals surface area contributed by atoms with Crippen LogP contribution in [0.5, 0.6) is 0 Å². The number of hydrogen-bond acceptors (Lipinski definition) is 5. The second kappa shape index (κ2) is 9.44. The summed E-state index contributed by atoms with van der Waals surface area (Å²) in [5, 5.41) is 12.4. The molecule has 1 fully saturated rings. The number of non-ortho nitro benzene ring substituents is 1. The van der Waals surface area contributed by atoms with Crippen LogP contribution in [0.3, 0.4) is 0 Å². The van der Waals surface area contributed by atoms with Gasteiger partial charge >= 0.3 is 0 Å². The van der Waals surface area contributed by atoms with Gasteiger partial charge in [0.25, 0.3) is 5.69 Å². The fourth-order valence-electron chi connectivity index (χ4n) is 4.51. The fraction of sp³-hybridized carbons (Fsp3) is 0.231. The van der Waals surface area contributed by atoms with Crippen LogP contribution in [0.1, 0.15) is 23.5 Å². The molecule has 1 aliphatic heterocycles. The first-order chi connectivity index (χ1) is 16.6. The minimum absolute atomic E-state index is 0.0126. The summed E-state index contributed by atoms with van der Waals surface area (Å²) in [5.41, 5.74) is 4.47. The smallest absolute Gasteiger partial charge is 0.269 e. The lowest BCUT2D eigenvalue weighted by molar-refractivity contribution is -0.384. The van der Waals surface area contributed by atoms with E-state index < -0.39 is 4.92 Å². The van der Waals surface area contributed by atoms with E-state index >= 15 is 0 Å². The molecule has 172 valence electrons. The Morgan fingerprint density at radius 1 is 1.12 bits per heavy atom. The molecule has 8 heteroatoms. The molecule has 0 radical (unpaired) electrons. The SMILES string of the molecule is O=C(C[C@@H](c1cccc([N+](=O)[O-])c1)c1c[nH]c2cc(-c3ccccn3)ccc12)N1CCOCC1. The number of nitro benzene ring substituents is 1. The number of morpholine rings is 1. The van der Waals surface area contributed by atoms with Gasteiger partial charge in [0, 0.05) is 66.4 Å². The van der Waals surface area contributed by atoms with E-state index in [1.54, 1.807) is 18.3 Å². The monoisotopic (exact) mass is 456 g/mol. The minimum Gasteiger partial charge on any atom is -0.378 e. The summed E-state index contributed by atoms with van der Waals surface area (Å²) in [6, 6.07) is 18.4. The van der Waals surface area contributed by atoms with E-state index in [0.717, 1.165) is 33.3 Å². The zero-order chi connectivity index (χ0) is 23.5. The number of pyridine rings is 1. The summed E-state index contributed by atoms with van der Waals surface area (Å²) in [6.45, 7) is 2.16. The van der Waals surface area contributed by atoms with Crippen LogP contribution < -0.4 is 0 Å². The second-order valence-corrected chi connectivity index (χ2v) is 8.32. The van der Waals surface area contributed by atoms with Crippen LogP contribution in [-0.2, 0) is 9.53 Å². The Balaban J connectivity index is 1.54. The summed E-state index contributed by atoms with van der Waals surface area (Å²) < 4.78 is 5.38. The Labute approximate surface area is 196 Å². The quantitative estimate of drug-likeness (QED) is 0.340. The van der Waals surface area contributed by atoms with Crippen molar-refractivity contribution in [3.05, 3.63) is 94.3 Å². The molecule has 0 saturated carbocycles. The number of rotatable bonds is 6. The van der Waals surface area contributed by atoms with Crippen molar-refractivity contribution in [1.82, 2.24) is 14.9 Å². The van der Waals surface area contributed by atoms with E-state index in [0.29, 0.717) is 26.3 Å². The lowest BCUT2D eigenvalue weighted by Crippen LogP contribution is -2.41. The Morgan fingerprint density at radius 3 is 2.74 bits per heavy atom. The largest absolute Gasteiger partial charge is 0.378 e. The Morgan fingerprint density at radius 2 is 1.97 bits per heavy atom. The van der Waals surface area contributed by atoms with E-state index in [1.807, 2.05) is 53.6 Å². The van der Waals surface area contributed by atoms with Gasteiger partial charge in [-0.1, -0.05) is 30.3 Å². The molecule has 0 bridgehead atoms. The lowest BCUT2D eigenvalue weighted by atomic mass is 9.87. The molecule has 3 heterocycles. The van der Waals surface area contributed by atoms with Crippen LogP contribution in [0.25, 0.3) is 22.2 Å². The first kappa shape index (κ1) is 21.8. The van der Waals surface area contributed by atoms with Gasteiger partial charge in [0.2, 0.25) is 5.91 Å². The van der Waals surface area contributed by atoms with Crippen LogP contribution in [0, 0.1) is 10.1 Å². The average Bonchev–Trinajstić information content (AvgIpc) is 3.31. The molecule has 2 aromatic carbocycles. The summed E-state index contributed by atoms with van der Waals surface area (Å²) in [5.74, 6) is -0.316. The van der Waals surface area contributed by atoms with E-state index in [1.165, 1.54) is 6.07 Å². The summed E-state index contributed by atoms with van der Waals surface area (Å²) >= 11 is 0. The first-order valence-electron chi connectivity index (χ1n) is 11.2. The number of ether oxygens (including phenoxy) is 1. The molecule has 4 aromatic rings. The molecule has 0 unspecified atom stereocenters. The second-order valence-electron chi connectivity index (χ2n) is 8.32. The number of aromatic amines is 1. The molecule has 0 spiro atoms. The van der Waals surface area contributed by atoms with Gasteiger partial charge in [-0.2, -0.15) is 0 Å². The highest BCUT2D eigenvalue weighted by molar-refractivity contribution is 5.89. The van der Waals surface area contributed by atoms with Gasteiger partial charge in [0.05, 0.1) is 23.8 Å². The molecular weight excluding hydrogens is 432 g/mol. The number of benzene rings is 2. The normalized spacial score (nSPS) is 14.8. The highest BCUT2D eigenvalue weighted by Crippen LogP contribution is 2.36. The molecule has 1 atom stereocenters. The summed E-state index contributed by atoms with van der Waals surface area (Å²) in [7, 11) is 0. The van der Waals surface area contributed by atoms with Crippen molar-refractivity contribution in [1.29, 1.82) is 0 Å². The molecule has 1 amide bonds. The van der Waals surface area contributed by atoms with E-state index in [2.05, 4.69) is 9.97 Å². The number of amides is 1. The predicted molar refractivity (Wildman–Crippen MR) is 128 cm³/mol. The van der Waals surface area contributed by atoms with Crippen molar-refractivity contribution in [2.75, 3.05) is 26.3 Å². The van der Waals surface area contributed by atoms with Crippen molar-refractivity contribution in [3.8, 4) is 11.3 Å². The molecule has 1 N–H and O–H groups in total. The zero-order valence-electron chi connectivity index (χ0n) is 18.5. The highest BCUT2D eigenvalue weighted by atomic mass is 16.6. The summed E-state index contributed by atoms with van der Waals surface area (Å²) in [4.78, 5) is 33.8. The van der Waals surface area contributed by atoms with Crippen LogP contribution in [0.2, 0.25) is 0 Å². The van der Waals surface area contributed by atoms with E-state index in [4.69, 9.17) is 4.74 Å². The van der Waals surface area contributed by atoms with Gasteiger partial charge in [-0.15, -0.1) is 0 Å². The van der Waals surface area contributed by atoms with Gasteiger partial charge in [0.15, 0.2) is 0 Å². The molecule has 1 saturated heterocycles. The average molecular weight is 457 g/mol. The maximum absolute atomic E-state index is 13.2. The topological polar surface area (TPSA) is 101 Å². The number of carbonyl (C=O) groups is 1. The van der Waals surface area contributed by atoms with Gasteiger partial charge in [-0.05, 0) is 29.3 Å². The van der Waals surface area contributed by atoms with Crippen LogP contribution >= 0.6 is 0 Å². The Hall–Kier alpha value is -4.04. The molecule has 1 aliphatic rings. The maximum atomic E-state index is 13.2. The van der Waals surface area contributed by atoms with Crippen LogP contribution in [0.4, 0.5) is 5.69 Å². The third-order valence-electron chi connectivity index (χ3n) is 6.28. The molecule has 0 aliphatic carbocycles. The third-order valence-corrected chi connectivity index (χ3v) is 6.28. The first-order valence-corrected chi connectivity index (χ1v) is 11.2.